The fourth-order valence-electron chi connectivity index (χ4n) is 1.63. The summed E-state index contributed by atoms with van der Waals surface area (Å²) in [4.78, 5) is 0. The molecule has 0 bridgehead atoms. The third kappa shape index (κ3) is 2.13. The van der Waals surface area contributed by atoms with E-state index in [0.29, 0.717) is 12.2 Å². The highest BCUT2D eigenvalue weighted by molar-refractivity contribution is 5.41. The van der Waals surface area contributed by atoms with Gasteiger partial charge in [0.2, 0.25) is 0 Å². The molecule has 2 rings (SSSR count). The number of nitrogens with zero attached hydrogens (tertiary/aromatic N) is 3. The maximum absolute atomic E-state index is 8.87. The Morgan fingerprint density at radius 1 is 1.35 bits per heavy atom. The van der Waals surface area contributed by atoms with Crippen LogP contribution in [0, 0.1) is 18.3 Å². The molecule has 0 amide bonds. The molecule has 1 aromatic heterocycles. The monoisotopic (exact) mass is 227 g/mol. The molecular formula is C13H13N3O. The summed E-state index contributed by atoms with van der Waals surface area (Å²) in [7, 11) is 0. The Bertz CT molecular complexity index is 549. The predicted molar refractivity (Wildman–Crippen MR) is 64.2 cm³/mol. The van der Waals surface area contributed by atoms with E-state index >= 15 is 0 Å². The van der Waals surface area contributed by atoms with Crippen molar-refractivity contribution in [3.05, 3.63) is 41.7 Å². The second-order valence-electron chi connectivity index (χ2n) is 3.59. The molecule has 1 aromatic carbocycles. The van der Waals surface area contributed by atoms with Gasteiger partial charge in [0.1, 0.15) is 11.8 Å². The molecule has 0 saturated carbocycles. The molecular weight excluding hydrogens is 214 g/mol. The van der Waals surface area contributed by atoms with Crippen LogP contribution in [0.25, 0.3) is 5.69 Å². The second kappa shape index (κ2) is 4.71. The van der Waals surface area contributed by atoms with Crippen molar-refractivity contribution in [3.63, 3.8) is 0 Å². The minimum Gasteiger partial charge on any atom is -0.494 e. The minimum atomic E-state index is 0.596. The molecule has 0 aliphatic rings. The van der Waals surface area contributed by atoms with Crippen LogP contribution in [0.2, 0.25) is 0 Å². The third-order valence-corrected chi connectivity index (χ3v) is 2.52. The summed E-state index contributed by atoms with van der Waals surface area (Å²) in [6, 6.07) is 9.74. The van der Waals surface area contributed by atoms with Crippen LogP contribution in [0.1, 0.15) is 18.2 Å². The van der Waals surface area contributed by atoms with E-state index in [0.717, 1.165) is 17.1 Å². The van der Waals surface area contributed by atoms with E-state index in [2.05, 4.69) is 11.2 Å². The van der Waals surface area contributed by atoms with E-state index < -0.39 is 0 Å². The van der Waals surface area contributed by atoms with Crippen LogP contribution >= 0.6 is 0 Å². The van der Waals surface area contributed by atoms with Crippen molar-refractivity contribution >= 4 is 0 Å². The quantitative estimate of drug-likeness (QED) is 0.809. The van der Waals surface area contributed by atoms with E-state index in [9.17, 15) is 0 Å². The summed E-state index contributed by atoms with van der Waals surface area (Å²) < 4.78 is 7.12. The highest BCUT2D eigenvalue weighted by atomic mass is 16.5. The average Bonchev–Trinajstić information content (AvgIpc) is 2.72. The van der Waals surface area contributed by atoms with Gasteiger partial charge in [0.25, 0.3) is 0 Å². The average molecular weight is 227 g/mol. The number of rotatable bonds is 3. The van der Waals surface area contributed by atoms with Gasteiger partial charge in [-0.2, -0.15) is 10.4 Å². The number of nitriles is 1. The molecule has 0 saturated heterocycles. The topological polar surface area (TPSA) is 50.8 Å². The van der Waals surface area contributed by atoms with E-state index in [1.54, 1.807) is 10.9 Å². The lowest BCUT2D eigenvalue weighted by atomic mass is 10.2. The van der Waals surface area contributed by atoms with Crippen LogP contribution in [0.4, 0.5) is 0 Å². The summed E-state index contributed by atoms with van der Waals surface area (Å²) in [5, 5.41) is 13.1. The largest absolute Gasteiger partial charge is 0.494 e. The number of hydrogen-bond acceptors (Lipinski definition) is 3. The molecule has 0 unspecified atom stereocenters. The molecule has 0 fully saturated rings. The molecule has 0 radical (unpaired) electrons. The lowest BCUT2D eigenvalue weighted by Crippen LogP contribution is -1.99. The molecule has 17 heavy (non-hydrogen) atoms. The van der Waals surface area contributed by atoms with E-state index in [4.69, 9.17) is 10.00 Å². The molecule has 1 heterocycles. The van der Waals surface area contributed by atoms with Gasteiger partial charge in [-0.15, -0.1) is 0 Å². The van der Waals surface area contributed by atoms with Crippen molar-refractivity contribution in [2.75, 3.05) is 6.61 Å². The summed E-state index contributed by atoms with van der Waals surface area (Å²) in [6.07, 6.45) is 1.58. The zero-order valence-corrected chi connectivity index (χ0v) is 9.84. The molecule has 0 atom stereocenters. The number of benzene rings is 1. The van der Waals surface area contributed by atoms with E-state index in [-0.39, 0.29) is 0 Å². The highest BCUT2D eigenvalue weighted by Gasteiger charge is 2.07. The lowest BCUT2D eigenvalue weighted by molar-refractivity contribution is 0.340. The van der Waals surface area contributed by atoms with Gasteiger partial charge in [-0.1, -0.05) is 0 Å². The molecule has 4 nitrogen and oxygen atoms in total. The number of ether oxygens (including phenoxy) is 1. The summed E-state index contributed by atoms with van der Waals surface area (Å²) >= 11 is 0. The van der Waals surface area contributed by atoms with Gasteiger partial charge in [-0.05, 0) is 38.1 Å². The minimum absolute atomic E-state index is 0.596. The molecule has 0 spiro atoms. The van der Waals surface area contributed by atoms with Crippen molar-refractivity contribution in [2.24, 2.45) is 0 Å². The Hall–Kier alpha value is -2.28. The zero-order valence-electron chi connectivity index (χ0n) is 9.84. The van der Waals surface area contributed by atoms with Gasteiger partial charge < -0.3 is 4.74 Å². The van der Waals surface area contributed by atoms with Crippen molar-refractivity contribution < 1.29 is 4.74 Å². The Morgan fingerprint density at radius 2 is 2.06 bits per heavy atom. The first-order chi connectivity index (χ1) is 8.26. The van der Waals surface area contributed by atoms with Crippen LogP contribution in [0.15, 0.2) is 30.5 Å². The van der Waals surface area contributed by atoms with Gasteiger partial charge >= 0.3 is 0 Å². The normalized spacial score (nSPS) is 9.94. The molecule has 2 aromatic rings. The summed E-state index contributed by atoms with van der Waals surface area (Å²) in [5.41, 5.74) is 2.36. The van der Waals surface area contributed by atoms with Crippen molar-refractivity contribution in [1.82, 2.24) is 9.78 Å². The fourth-order valence-corrected chi connectivity index (χ4v) is 1.63. The van der Waals surface area contributed by atoms with Crippen molar-refractivity contribution in [1.29, 1.82) is 5.26 Å². The number of aromatic nitrogens is 2. The Labute approximate surface area is 100 Å². The van der Waals surface area contributed by atoms with Crippen molar-refractivity contribution in [2.45, 2.75) is 13.8 Å². The highest BCUT2D eigenvalue weighted by Crippen LogP contribution is 2.17. The standard InChI is InChI=1S/C13H13N3O/c1-3-17-13-6-4-12(5-7-13)16-10(2)11(8-14)9-15-16/h4-7,9H,3H2,1-2H3. The lowest BCUT2D eigenvalue weighted by Gasteiger charge is -2.06. The van der Waals surface area contributed by atoms with Crippen LogP contribution < -0.4 is 4.74 Å². The smallest absolute Gasteiger partial charge is 0.119 e. The number of hydrogen-bond donors (Lipinski definition) is 0. The Morgan fingerprint density at radius 3 is 2.59 bits per heavy atom. The molecule has 0 aliphatic carbocycles. The SMILES string of the molecule is CCOc1ccc(-n2ncc(C#N)c2C)cc1. The maximum atomic E-state index is 8.87. The first-order valence-corrected chi connectivity index (χ1v) is 5.44. The molecule has 4 heteroatoms. The zero-order chi connectivity index (χ0) is 12.3. The van der Waals surface area contributed by atoms with E-state index in [1.807, 2.05) is 38.1 Å². The Balaban J connectivity index is 2.34. The molecule has 86 valence electrons. The van der Waals surface area contributed by atoms with Gasteiger partial charge in [0, 0.05) is 0 Å². The Kier molecular flexibility index (Phi) is 3.10. The molecule has 0 N–H and O–H groups in total. The fraction of sp³-hybridized carbons (Fsp3) is 0.231. The first-order valence-electron chi connectivity index (χ1n) is 5.44. The van der Waals surface area contributed by atoms with Crippen molar-refractivity contribution in [3.8, 4) is 17.5 Å². The van der Waals surface area contributed by atoms with Gasteiger partial charge in [-0.3, -0.25) is 0 Å². The van der Waals surface area contributed by atoms with Crippen LogP contribution in [0.3, 0.4) is 0 Å². The molecule has 0 aliphatic heterocycles. The maximum Gasteiger partial charge on any atom is 0.119 e. The van der Waals surface area contributed by atoms with Gasteiger partial charge in [0.05, 0.1) is 29.7 Å². The van der Waals surface area contributed by atoms with Gasteiger partial charge in [0.15, 0.2) is 0 Å². The van der Waals surface area contributed by atoms with Crippen LogP contribution in [-0.2, 0) is 0 Å². The van der Waals surface area contributed by atoms with E-state index in [1.165, 1.54) is 0 Å². The van der Waals surface area contributed by atoms with Gasteiger partial charge in [-0.25, -0.2) is 4.68 Å². The first kappa shape index (κ1) is 11.2. The summed E-state index contributed by atoms with van der Waals surface area (Å²) in [6.45, 7) is 4.48. The van der Waals surface area contributed by atoms with Crippen LogP contribution in [0.5, 0.6) is 5.75 Å². The van der Waals surface area contributed by atoms with Crippen LogP contribution in [-0.4, -0.2) is 16.4 Å². The third-order valence-electron chi connectivity index (χ3n) is 2.52. The predicted octanol–water partition coefficient (Wildman–Crippen LogP) is 2.45. The summed E-state index contributed by atoms with van der Waals surface area (Å²) in [5.74, 6) is 0.835. The second-order valence-corrected chi connectivity index (χ2v) is 3.59.